The van der Waals surface area contributed by atoms with E-state index in [1.165, 1.54) is 6.07 Å². The molecule has 1 aliphatic rings. The average Bonchev–Trinajstić information content (AvgIpc) is 2.83. The van der Waals surface area contributed by atoms with Gasteiger partial charge in [0.05, 0.1) is 5.69 Å². The van der Waals surface area contributed by atoms with Crippen molar-refractivity contribution in [2.24, 2.45) is 0 Å². The van der Waals surface area contributed by atoms with Crippen LogP contribution in [0.25, 0.3) is 0 Å². The van der Waals surface area contributed by atoms with E-state index < -0.39 is 0 Å². The maximum Gasteiger partial charge on any atom is 0.251 e. The Balaban J connectivity index is 1.36. The molecule has 1 N–H and O–H groups in total. The molecule has 0 saturated carbocycles. The lowest BCUT2D eigenvalue weighted by atomic mass is 10.1. The minimum absolute atomic E-state index is 0.0593. The zero-order valence-corrected chi connectivity index (χ0v) is 20.6. The molecule has 0 unspecified atom stereocenters. The Hall–Kier alpha value is -3.13. The van der Waals surface area contributed by atoms with Crippen LogP contribution in [0, 0.1) is 12.7 Å². The summed E-state index contributed by atoms with van der Waals surface area (Å²) < 4.78 is 14.1. The summed E-state index contributed by atoms with van der Waals surface area (Å²) in [5, 5.41) is 3.63. The lowest BCUT2D eigenvalue weighted by molar-refractivity contribution is 0.0943. The number of hydrogen-bond donors (Lipinski definition) is 1. The number of nitrogens with one attached hydrogen (secondary N) is 1. The average molecular weight is 480 g/mol. The van der Waals surface area contributed by atoms with E-state index in [0.29, 0.717) is 11.3 Å². The molecular weight excluding hydrogens is 449 g/mol. The molecule has 2 aromatic carbocycles. The van der Waals surface area contributed by atoms with Gasteiger partial charge in [-0.05, 0) is 50.6 Å². The molecule has 0 aliphatic carbocycles. The second-order valence-electron chi connectivity index (χ2n) is 8.69. The van der Waals surface area contributed by atoms with E-state index in [2.05, 4.69) is 20.1 Å². The van der Waals surface area contributed by atoms with Crippen LogP contribution in [0.15, 0.2) is 59.8 Å². The number of carbonyl (C=O) groups excluding carboxylic acids is 1. The summed E-state index contributed by atoms with van der Waals surface area (Å²) in [6.45, 7) is 8.90. The lowest BCUT2D eigenvalue weighted by Gasteiger charge is -2.37. The molecule has 4 rings (SSSR count). The number of amides is 1. The molecule has 0 bridgehead atoms. The highest BCUT2D eigenvalue weighted by Crippen LogP contribution is 2.25. The third-order valence-electron chi connectivity index (χ3n) is 5.62. The molecule has 2 heterocycles. The molecule has 3 aromatic rings. The van der Waals surface area contributed by atoms with Gasteiger partial charge in [-0.2, -0.15) is 0 Å². The molecule has 8 heteroatoms. The van der Waals surface area contributed by atoms with Gasteiger partial charge in [0, 0.05) is 55.3 Å². The van der Waals surface area contributed by atoms with Crippen LogP contribution >= 0.6 is 11.8 Å². The number of halogens is 1. The first-order valence-corrected chi connectivity index (χ1v) is 12.5. The maximum atomic E-state index is 14.1. The Kier molecular flexibility index (Phi) is 7.67. The number of nitrogens with zero attached hydrogens (tertiary/aromatic N) is 4. The molecule has 34 heavy (non-hydrogen) atoms. The van der Waals surface area contributed by atoms with Crippen molar-refractivity contribution >= 4 is 29.2 Å². The lowest BCUT2D eigenvalue weighted by Crippen LogP contribution is -2.47. The van der Waals surface area contributed by atoms with Crippen LogP contribution in [-0.4, -0.2) is 48.1 Å². The van der Waals surface area contributed by atoms with Crippen molar-refractivity contribution in [1.82, 2.24) is 15.3 Å². The predicted molar refractivity (Wildman–Crippen MR) is 136 cm³/mol. The third kappa shape index (κ3) is 6.05. The van der Waals surface area contributed by atoms with E-state index >= 15 is 0 Å². The quantitative estimate of drug-likeness (QED) is 0.392. The highest BCUT2D eigenvalue weighted by atomic mass is 32.2. The largest absolute Gasteiger partial charge is 0.366 e. The van der Waals surface area contributed by atoms with Gasteiger partial charge in [0.25, 0.3) is 5.91 Å². The first-order chi connectivity index (χ1) is 16.4. The summed E-state index contributed by atoms with van der Waals surface area (Å²) in [7, 11) is 0. The van der Waals surface area contributed by atoms with Crippen molar-refractivity contribution in [3.05, 3.63) is 77.2 Å². The van der Waals surface area contributed by atoms with Gasteiger partial charge in [0.15, 0.2) is 5.16 Å². The molecule has 1 saturated heterocycles. The monoisotopic (exact) mass is 479 g/mol. The molecule has 1 aliphatic heterocycles. The highest BCUT2D eigenvalue weighted by molar-refractivity contribution is 7.98. The van der Waals surface area contributed by atoms with Crippen LogP contribution in [0.5, 0.6) is 0 Å². The first kappa shape index (κ1) is 24.0. The number of aromatic nitrogens is 2. The zero-order valence-electron chi connectivity index (χ0n) is 19.8. The number of anilines is 2. The standard InChI is InChI=1S/C26H30FN5OS/c1-18(2)28-25(33)21-10-8-20(9-11-21)17-34-26-29-19(3)16-24(30-26)32-14-12-31(13-15-32)23-7-5-4-6-22(23)27/h4-11,16,18H,12-15,17H2,1-3H3,(H,28,33). The number of aryl methyl sites for hydroxylation is 1. The Labute approximate surface area is 204 Å². The van der Waals surface area contributed by atoms with Crippen LogP contribution < -0.4 is 15.1 Å². The molecule has 0 radical (unpaired) electrons. The van der Waals surface area contributed by atoms with Crippen LogP contribution in [0.3, 0.4) is 0 Å². The zero-order chi connectivity index (χ0) is 24.1. The van der Waals surface area contributed by atoms with Gasteiger partial charge < -0.3 is 15.1 Å². The number of rotatable bonds is 7. The van der Waals surface area contributed by atoms with E-state index in [1.54, 1.807) is 17.8 Å². The third-order valence-corrected chi connectivity index (χ3v) is 6.54. The van der Waals surface area contributed by atoms with Crippen molar-refractivity contribution in [2.75, 3.05) is 36.0 Å². The molecule has 1 fully saturated rings. The van der Waals surface area contributed by atoms with E-state index in [-0.39, 0.29) is 17.8 Å². The van der Waals surface area contributed by atoms with Gasteiger partial charge in [-0.15, -0.1) is 0 Å². The van der Waals surface area contributed by atoms with Crippen molar-refractivity contribution in [3.63, 3.8) is 0 Å². The van der Waals surface area contributed by atoms with Crippen LogP contribution in [-0.2, 0) is 5.75 Å². The van der Waals surface area contributed by atoms with Gasteiger partial charge in [-0.25, -0.2) is 14.4 Å². The molecule has 6 nitrogen and oxygen atoms in total. The predicted octanol–water partition coefficient (Wildman–Crippen LogP) is 4.68. The smallest absolute Gasteiger partial charge is 0.251 e. The fraction of sp³-hybridized carbons (Fsp3) is 0.346. The van der Waals surface area contributed by atoms with Crippen LogP contribution in [0.1, 0.15) is 35.5 Å². The normalized spacial score (nSPS) is 13.9. The molecule has 0 spiro atoms. The van der Waals surface area contributed by atoms with Crippen LogP contribution in [0.4, 0.5) is 15.9 Å². The van der Waals surface area contributed by atoms with Crippen molar-refractivity contribution in [2.45, 2.75) is 37.7 Å². The molecule has 178 valence electrons. The number of piperazine rings is 1. The Morgan fingerprint density at radius 2 is 1.71 bits per heavy atom. The Morgan fingerprint density at radius 3 is 2.38 bits per heavy atom. The summed E-state index contributed by atoms with van der Waals surface area (Å²) in [4.78, 5) is 25.8. The topological polar surface area (TPSA) is 61.4 Å². The summed E-state index contributed by atoms with van der Waals surface area (Å²) in [5.41, 5.74) is 3.34. The number of carbonyl (C=O) groups is 1. The van der Waals surface area contributed by atoms with Crippen molar-refractivity contribution in [3.8, 4) is 0 Å². The summed E-state index contributed by atoms with van der Waals surface area (Å²) in [6, 6.07) is 16.7. The molecule has 1 amide bonds. The summed E-state index contributed by atoms with van der Waals surface area (Å²) in [5.74, 6) is 1.39. The van der Waals surface area contributed by atoms with E-state index in [0.717, 1.165) is 54.2 Å². The minimum Gasteiger partial charge on any atom is -0.366 e. The molecular formula is C26H30FN5OS. The second-order valence-corrected chi connectivity index (χ2v) is 9.63. The van der Waals surface area contributed by atoms with Gasteiger partial charge in [-0.1, -0.05) is 36.0 Å². The highest BCUT2D eigenvalue weighted by Gasteiger charge is 2.21. The summed E-state index contributed by atoms with van der Waals surface area (Å²) >= 11 is 1.58. The Morgan fingerprint density at radius 1 is 1.03 bits per heavy atom. The number of thioether (sulfide) groups is 1. The van der Waals surface area contributed by atoms with E-state index in [9.17, 15) is 9.18 Å². The number of para-hydroxylation sites is 1. The summed E-state index contributed by atoms with van der Waals surface area (Å²) in [6.07, 6.45) is 0. The van der Waals surface area contributed by atoms with E-state index in [4.69, 9.17) is 4.98 Å². The molecule has 1 aromatic heterocycles. The Bertz CT molecular complexity index is 1130. The van der Waals surface area contributed by atoms with Crippen molar-refractivity contribution in [1.29, 1.82) is 0 Å². The molecule has 0 atom stereocenters. The van der Waals surface area contributed by atoms with Gasteiger partial charge in [-0.3, -0.25) is 4.79 Å². The van der Waals surface area contributed by atoms with E-state index in [1.807, 2.05) is 63.2 Å². The minimum atomic E-state index is -0.180. The van der Waals surface area contributed by atoms with Crippen molar-refractivity contribution < 1.29 is 9.18 Å². The first-order valence-electron chi connectivity index (χ1n) is 11.5. The van der Waals surface area contributed by atoms with Gasteiger partial charge >= 0.3 is 0 Å². The van der Waals surface area contributed by atoms with Gasteiger partial charge in [0.1, 0.15) is 11.6 Å². The van der Waals surface area contributed by atoms with Crippen LogP contribution in [0.2, 0.25) is 0 Å². The number of benzene rings is 2. The SMILES string of the molecule is Cc1cc(N2CCN(c3ccccc3F)CC2)nc(SCc2ccc(C(=O)NC(C)C)cc2)n1. The maximum absolute atomic E-state index is 14.1. The fourth-order valence-corrected chi connectivity index (χ4v) is 4.74. The second kappa shape index (κ2) is 10.9. The van der Waals surface area contributed by atoms with Gasteiger partial charge in [0.2, 0.25) is 0 Å². The fourth-order valence-electron chi connectivity index (χ4n) is 3.88. The number of hydrogen-bond acceptors (Lipinski definition) is 6.